The van der Waals surface area contributed by atoms with E-state index in [0.29, 0.717) is 0 Å². The third-order valence-corrected chi connectivity index (χ3v) is 4.85. The zero-order valence-corrected chi connectivity index (χ0v) is 13.3. The molecule has 4 heteroatoms. The lowest BCUT2D eigenvalue weighted by atomic mass is 9.91. The first-order valence-corrected chi connectivity index (χ1v) is 7.85. The van der Waals surface area contributed by atoms with Crippen LogP contribution in [0, 0.1) is 0 Å². The first kappa shape index (κ1) is 15.2. The minimum absolute atomic E-state index is 0.235. The highest BCUT2D eigenvalue weighted by Crippen LogP contribution is 2.28. The lowest BCUT2D eigenvalue weighted by Crippen LogP contribution is -2.67. The van der Waals surface area contributed by atoms with Crippen molar-refractivity contribution >= 4 is 0 Å². The zero-order chi connectivity index (χ0) is 13.9. The largest absolute Gasteiger partial charge is 0.306 e. The van der Waals surface area contributed by atoms with Gasteiger partial charge in [0.1, 0.15) is 0 Å². The van der Waals surface area contributed by atoms with Gasteiger partial charge in [-0.15, -0.1) is 0 Å². The quantitative estimate of drug-likeness (QED) is 0.822. The lowest BCUT2D eigenvalue weighted by Gasteiger charge is -2.51. The van der Waals surface area contributed by atoms with Crippen molar-refractivity contribution in [2.24, 2.45) is 0 Å². The first-order chi connectivity index (χ1) is 9.03. The van der Waals surface area contributed by atoms with Crippen LogP contribution in [0.15, 0.2) is 0 Å². The van der Waals surface area contributed by atoms with Gasteiger partial charge in [-0.2, -0.15) is 0 Å². The summed E-state index contributed by atoms with van der Waals surface area (Å²) in [6.07, 6.45) is 6.63. The van der Waals surface area contributed by atoms with Crippen molar-refractivity contribution in [3.05, 3.63) is 0 Å². The maximum absolute atomic E-state index is 3.85. The fraction of sp³-hybridized carbons (Fsp3) is 1.00. The van der Waals surface area contributed by atoms with Crippen LogP contribution in [0.2, 0.25) is 0 Å². The molecule has 0 aliphatic carbocycles. The second kappa shape index (κ2) is 6.53. The van der Waals surface area contributed by atoms with Crippen molar-refractivity contribution in [1.29, 1.82) is 0 Å². The number of nitrogens with one attached hydrogen (secondary N) is 1. The van der Waals surface area contributed by atoms with Gasteiger partial charge in [-0.1, -0.05) is 0 Å². The molecular formula is C15H32N4. The topological polar surface area (TPSA) is 21.8 Å². The summed E-state index contributed by atoms with van der Waals surface area (Å²) in [7, 11) is 8.83. The molecule has 1 unspecified atom stereocenters. The zero-order valence-electron chi connectivity index (χ0n) is 13.3. The monoisotopic (exact) mass is 268 g/mol. The highest BCUT2D eigenvalue weighted by Gasteiger charge is 2.39. The Morgan fingerprint density at radius 2 is 1.79 bits per heavy atom. The number of piperidine rings is 2. The van der Waals surface area contributed by atoms with E-state index in [1.807, 2.05) is 0 Å². The van der Waals surface area contributed by atoms with Crippen LogP contribution in [0.5, 0.6) is 0 Å². The van der Waals surface area contributed by atoms with Crippen molar-refractivity contribution < 1.29 is 0 Å². The Labute approximate surface area is 119 Å². The number of rotatable bonds is 4. The minimum Gasteiger partial charge on any atom is -0.306 e. The van der Waals surface area contributed by atoms with E-state index >= 15 is 0 Å². The molecule has 2 saturated heterocycles. The van der Waals surface area contributed by atoms with Crippen LogP contribution in [0.3, 0.4) is 0 Å². The van der Waals surface area contributed by atoms with E-state index in [4.69, 9.17) is 0 Å². The molecule has 0 spiro atoms. The van der Waals surface area contributed by atoms with Crippen LogP contribution >= 0.6 is 0 Å². The maximum atomic E-state index is 3.85. The van der Waals surface area contributed by atoms with Crippen LogP contribution in [0.4, 0.5) is 0 Å². The number of hydrogen-bond donors (Lipinski definition) is 1. The molecular weight excluding hydrogens is 236 g/mol. The summed E-state index contributed by atoms with van der Waals surface area (Å²) in [6, 6.07) is 0.774. The molecule has 1 N–H and O–H groups in total. The fourth-order valence-electron chi connectivity index (χ4n) is 3.79. The van der Waals surface area contributed by atoms with Gasteiger partial charge in [-0.05, 0) is 66.8 Å². The Kier molecular flexibility index (Phi) is 5.23. The smallest absolute Gasteiger partial charge is 0.0842 e. The molecule has 0 saturated carbocycles. The molecule has 2 fully saturated rings. The standard InChI is InChI=1S/C15H32N4/c1-17(2)13-15(9-5-6-10-16-15)19-11-7-14(8-12-19)18(3)4/h14,16H,5-13H2,1-4H3. The van der Waals surface area contributed by atoms with Crippen LogP contribution in [-0.2, 0) is 0 Å². The molecule has 2 rings (SSSR count). The first-order valence-electron chi connectivity index (χ1n) is 7.85. The average Bonchev–Trinajstić information content (AvgIpc) is 2.39. The van der Waals surface area contributed by atoms with Gasteiger partial charge < -0.3 is 9.80 Å². The highest BCUT2D eigenvalue weighted by molar-refractivity contribution is 4.95. The van der Waals surface area contributed by atoms with Crippen molar-refractivity contribution in [2.75, 3.05) is 54.4 Å². The Hall–Kier alpha value is -0.160. The van der Waals surface area contributed by atoms with Crippen molar-refractivity contribution in [3.8, 4) is 0 Å². The van der Waals surface area contributed by atoms with Gasteiger partial charge in [0.25, 0.3) is 0 Å². The van der Waals surface area contributed by atoms with Crippen LogP contribution in [0.25, 0.3) is 0 Å². The molecule has 19 heavy (non-hydrogen) atoms. The van der Waals surface area contributed by atoms with Gasteiger partial charge in [0, 0.05) is 25.7 Å². The van der Waals surface area contributed by atoms with Crippen LogP contribution in [0.1, 0.15) is 32.1 Å². The molecule has 2 aliphatic heterocycles. The van der Waals surface area contributed by atoms with E-state index in [2.05, 4.69) is 48.2 Å². The molecule has 0 radical (unpaired) electrons. The Morgan fingerprint density at radius 3 is 2.26 bits per heavy atom. The minimum atomic E-state index is 0.235. The molecule has 0 aromatic heterocycles. The van der Waals surface area contributed by atoms with Crippen molar-refractivity contribution in [1.82, 2.24) is 20.0 Å². The number of hydrogen-bond acceptors (Lipinski definition) is 4. The summed E-state index contributed by atoms with van der Waals surface area (Å²) in [6.45, 7) is 4.80. The molecule has 4 nitrogen and oxygen atoms in total. The summed E-state index contributed by atoms with van der Waals surface area (Å²) < 4.78 is 0. The second-order valence-electron chi connectivity index (χ2n) is 6.84. The van der Waals surface area contributed by atoms with Gasteiger partial charge in [-0.25, -0.2) is 0 Å². The van der Waals surface area contributed by atoms with Gasteiger partial charge in [-0.3, -0.25) is 10.2 Å². The van der Waals surface area contributed by atoms with Crippen molar-refractivity contribution in [2.45, 2.75) is 43.8 Å². The van der Waals surface area contributed by atoms with E-state index in [-0.39, 0.29) is 5.66 Å². The van der Waals surface area contributed by atoms with Crippen molar-refractivity contribution in [3.63, 3.8) is 0 Å². The lowest BCUT2D eigenvalue weighted by molar-refractivity contribution is -0.0174. The predicted molar refractivity (Wildman–Crippen MR) is 81.4 cm³/mol. The summed E-state index contributed by atoms with van der Waals surface area (Å²) >= 11 is 0. The number of nitrogens with zero attached hydrogens (tertiary/aromatic N) is 3. The maximum Gasteiger partial charge on any atom is 0.0842 e. The van der Waals surface area contributed by atoms with E-state index in [9.17, 15) is 0 Å². The number of likely N-dealkylation sites (tertiary alicyclic amines) is 1. The van der Waals surface area contributed by atoms with Gasteiger partial charge in [0.2, 0.25) is 0 Å². The van der Waals surface area contributed by atoms with E-state index in [0.717, 1.165) is 12.6 Å². The van der Waals surface area contributed by atoms with Gasteiger partial charge in [0.05, 0.1) is 5.66 Å². The van der Waals surface area contributed by atoms with E-state index in [1.165, 1.54) is 51.7 Å². The molecule has 0 aromatic carbocycles. The average molecular weight is 268 g/mol. The summed E-state index contributed by atoms with van der Waals surface area (Å²) in [5, 5.41) is 3.85. The van der Waals surface area contributed by atoms with E-state index < -0.39 is 0 Å². The second-order valence-corrected chi connectivity index (χ2v) is 6.84. The van der Waals surface area contributed by atoms with Gasteiger partial charge >= 0.3 is 0 Å². The molecule has 2 heterocycles. The Morgan fingerprint density at radius 1 is 1.11 bits per heavy atom. The van der Waals surface area contributed by atoms with Crippen LogP contribution < -0.4 is 5.32 Å². The summed E-state index contributed by atoms with van der Waals surface area (Å²) in [5.41, 5.74) is 0.235. The Bertz CT molecular complexity index is 263. The van der Waals surface area contributed by atoms with Crippen LogP contribution in [-0.4, -0.2) is 80.8 Å². The summed E-state index contributed by atoms with van der Waals surface area (Å²) in [5.74, 6) is 0. The molecule has 2 aliphatic rings. The molecule has 0 bridgehead atoms. The third kappa shape index (κ3) is 3.69. The molecule has 112 valence electrons. The number of likely N-dealkylation sites (N-methyl/N-ethyl adjacent to an activating group) is 1. The normalized spacial score (nSPS) is 31.3. The van der Waals surface area contributed by atoms with Gasteiger partial charge in [0.15, 0.2) is 0 Å². The Balaban J connectivity index is 1.99. The predicted octanol–water partition coefficient (Wildman–Crippen LogP) is 1.04. The molecule has 1 atom stereocenters. The molecule has 0 amide bonds. The summed E-state index contributed by atoms with van der Waals surface area (Å²) in [4.78, 5) is 7.47. The molecule has 0 aromatic rings. The third-order valence-electron chi connectivity index (χ3n) is 4.85. The SMILES string of the molecule is CN(C)CC1(N2CCC(N(C)C)CC2)CCCCN1. The highest BCUT2D eigenvalue weighted by atomic mass is 15.4. The van der Waals surface area contributed by atoms with E-state index in [1.54, 1.807) is 0 Å². The fourth-order valence-corrected chi connectivity index (χ4v) is 3.79.